The average Bonchev–Trinajstić information content (AvgIpc) is 0.936. The number of fused-ring (bicyclic) bond motifs is 1. The summed E-state index contributed by atoms with van der Waals surface area (Å²) in [5.41, 5.74) is 14.7. The van der Waals surface area contributed by atoms with Gasteiger partial charge < -0.3 is 29.5 Å². The van der Waals surface area contributed by atoms with Crippen LogP contribution in [0.3, 0.4) is 0 Å². The van der Waals surface area contributed by atoms with Crippen molar-refractivity contribution in [2.75, 3.05) is 40.6 Å². The molecule has 5 aromatic carbocycles. The Hall–Kier alpha value is -6.71. The molecule has 0 aliphatic carbocycles. The zero-order valence-electron chi connectivity index (χ0n) is 50.2. The molecule has 90 heavy (non-hydrogen) atoms. The van der Waals surface area contributed by atoms with E-state index in [0.29, 0.717) is 5.56 Å². The number of nitrogens with zero attached hydrogens (tertiary/aromatic N) is 10. The van der Waals surface area contributed by atoms with E-state index in [4.69, 9.17) is 5.11 Å². The van der Waals surface area contributed by atoms with Gasteiger partial charge in [-0.3, -0.25) is 4.98 Å². The van der Waals surface area contributed by atoms with Crippen LogP contribution in [0.25, 0.3) is 67.7 Å². The summed E-state index contributed by atoms with van der Waals surface area (Å²) < 4.78 is 7.11. The number of carboxylic acid groups (broad SMARTS) is 1. The van der Waals surface area contributed by atoms with Crippen molar-refractivity contribution in [3.8, 4) is 67.7 Å². The molecular formula is C72H66Ir4N10O2PPt-. The van der Waals surface area contributed by atoms with Gasteiger partial charge in [-0.05, 0) is 64.7 Å². The van der Waals surface area contributed by atoms with Crippen molar-refractivity contribution in [3.63, 3.8) is 0 Å². The number of carbonyl (C=O) groups is 1. The van der Waals surface area contributed by atoms with Gasteiger partial charge in [0, 0.05) is 157 Å². The second-order valence-corrected chi connectivity index (χ2v) is 25.7. The van der Waals surface area contributed by atoms with E-state index in [-0.39, 0.29) is 107 Å². The first-order valence-electron chi connectivity index (χ1n) is 27.7. The van der Waals surface area contributed by atoms with Crippen LogP contribution >= 0.6 is 7.26 Å². The van der Waals surface area contributed by atoms with Crippen LogP contribution in [-0.2, 0) is 115 Å². The van der Waals surface area contributed by atoms with Crippen LogP contribution in [0.2, 0.25) is 0 Å². The monoisotopic (exact) mass is 2100 g/mol. The van der Waals surface area contributed by atoms with Gasteiger partial charge in [-0.2, -0.15) is 4.57 Å². The molecule has 8 heterocycles. The summed E-state index contributed by atoms with van der Waals surface area (Å²) in [6.45, 7) is 8.14. The Balaban J connectivity index is 0.000000237. The van der Waals surface area contributed by atoms with Crippen molar-refractivity contribution in [1.82, 2.24) is 39.0 Å². The molecule has 12 nitrogen and oxygen atoms in total. The van der Waals surface area contributed by atoms with E-state index in [2.05, 4.69) is 140 Å². The van der Waals surface area contributed by atoms with Gasteiger partial charge in [0.2, 0.25) is 6.33 Å². The van der Waals surface area contributed by atoms with Gasteiger partial charge in [-0.25, -0.2) is 18.9 Å². The van der Waals surface area contributed by atoms with E-state index in [1.165, 1.54) is 42.0 Å². The van der Waals surface area contributed by atoms with Crippen molar-refractivity contribution in [1.29, 1.82) is 0 Å². The molecule has 0 unspecified atom stereocenters. The Labute approximate surface area is 598 Å². The smallest absolute Gasteiger partial charge is 0.316 e. The van der Waals surface area contributed by atoms with Crippen molar-refractivity contribution >= 4 is 24.2 Å². The van der Waals surface area contributed by atoms with Crippen LogP contribution in [0.15, 0.2) is 250 Å². The molecule has 0 amide bonds. The molecule has 1 N–H and O–H groups in total. The van der Waals surface area contributed by atoms with E-state index < -0.39 is 13.2 Å². The Morgan fingerprint density at radius 1 is 0.556 bits per heavy atom. The summed E-state index contributed by atoms with van der Waals surface area (Å²) in [7, 11) is 5.58. The number of aryl methyl sites for hydroxylation is 2. The molecule has 0 saturated heterocycles. The molecule has 1 aliphatic rings. The molecule has 0 saturated carbocycles. The summed E-state index contributed by atoms with van der Waals surface area (Å²) in [6.07, 6.45) is 23.0. The number of carboxylic acids is 1. The van der Waals surface area contributed by atoms with Crippen molar-refractivity contribution in [3.05, 3.63) is 292 Å². The van der Waals surface area contributed by atoms with Gasteiger partial charge >= 0.3 is 5.97 Å². The van der Waals surface area contributed by atoms with E-state index >= 15 is 0 Å². The van der Waals surface area contributed by atoms with Crippen LogP contribution in [0, 0.1) is 30.3 Å². The molecule has 1 aliphatic heterocycles. The summed E-state index contributed by atoms with van der Waals surface area (Å²) in [5, 5.41) is 10.2. The molecule has 18 heteroatoms. The summed E-state index contributed by atoms with van der Waals surface area (Å²) >= 11 is 0. The fraction of sp³-hybridized carbons (Fsp3) is 0.125. The predicted molar refractivity (Wildman–Crippen MR) is 340 cm³/mol. The first kappa shape index (κ1) is 75.7. The fourth-order valence-electron chi connectivity index (χ4n) is 9.21. The Morgan fingerprint density at radius 2 is 1.07 bits per heavy atom. The molecule has 0 spiro atoms. The molecule has 468 valence electrons. The number of aromatic carboxylic acids is 1. The van der Waals surface area contributed by atoms with Gasteiger partial charge in [0.25, 0.3) is 0 Å². The second-order valence-electron chi connectivity index (χ2n) is 21.2. The number of imidazole rings is 1. The quantitative estimate of drug-likeness (QED) is 0.0655. The summed E-state index contributed by atoms with van der Waals surface area (Å²) in [6, 6.07) is 74.7. The Kier molecular flexibility index (Phi) is 31.6. The molecule has 12 aromatic rings. The molecule has 0 fully saturated rings. The number of quaternary nitrogens is 1. The molecule has 0 bridgehead atoms. The molecule has 13 rings (SSSR count). The number of hydrogen-bond donors (Lipinski definition) is 1. The van der Waals surface area contributed by atoms with Crippen LogP contribution in [0.5, 0.6) is 0 Å². The number of pyridine rings is 5. The first-order chi connectivity index (χ1) is 41.3. The van der Waals surface area contributed by atoms with Crippen molar-refractivity contribution in [2.24, 2.45) is 7.05 Å². The van der Waals surface area contributed by atoms with Crippen LogP contribution < -0.4 is 18.9 Å². The minimum Gasteiger partial charge on any atom is -0.479 e. The van der Waals surface area contributed by atoms with Crippen molar-refractivity contribution in [2.45, 2.75) is 12.8 Å². The molecular weight excluding hydrogens is 2030 g/mol. The minimum absolute atomic E-state index is 0. The van der Waals surface area contributed by atoms with Gasteiger partial charge in [0.05, 0.1) is 59.1 Å². The second kappa shape index (κ2) is 37.6. The summed E-state index contributed by atoms with van der Waals surface area (Å²) in [4.78, 5) is 36.1. The normalized spacial score (nSPS) is 11.3. The Morgan fingerprint density at radius 3 is 1.58 bits per heavy atom. The molecule has 0 atom stereocenters. The maximum absolute atomic E-state index is 10.8. The number of benzene rings is 5. The van der Waals surface area contributed by atoms with Crippen LogP contribution in [0.4, 0.5) is 5.69 Å². The SMILES string of the molecule is C[N+]1(C)CCCc2c[c-]c(-c3ccccn3)cc21.C[P+](C)(C)c1cc[c-]c(-c2ccncn2)c1.C[n+]1ccn(-c2cc[c-]c(-c3ccccn3)c2)c1.O=C(O)c1cc[c-]c(-c2ccccn2)c1.[Ir].[Ir].[Ir].[Ir].[Pt].[c-]1ccc(-[n+]2ccccc2)cc1-c1ccccn1. The third kappa shape index (κ3) is 22.0. The first-order valence-corrected chi connectivity index (χ1v) is 30.8. The third-order valence-corrected chi connectivity index (χ3v) is 15.5. The number of rotatable bonds is 9. The zero-order chi connectivity index (χ0) is 59.4. The van der Waals surface area contributed by atoms with E-state index in [9.17, 15) is 4.79 Å². The van der Waals surface area contributed by atoms with Gasteiger partial charge in [-0.15, -0.1) is 113 Å². The third-order valence-electron chi connectivity index (χ3n) is 13.7. The van der Waals surface area contributed by atoms with Gasteiger partial charge in [-0.1, -0.05) is 103 Å². The standard InChI is InChI=1S/C16H18N2.C16H12N2.C15H13N3.C13H15N2P.C12H8NO2.4Ir.Pt/c1-18(2)11-5-6-13-8-9-14(12-16(13)18)15-7-3-4-10-17-15;1-4-11-18(12-5-1)15-8-6-7-14(13-15)16-9-2-3-10-17-16;1-17-9-10-18(12-17)14-6-4-5-13(11-14)15-7-2-3-8-16-15;1-16(2,3)12-6-4-5-11(9-12)13-7-8-14-10-15-13;14-12(15)10-5-3-4-9(8-10)11-6-1-2-7-13-11;;;;;/h3-4,7-8,10,12H,5-6,11H2,1-2H3;1-6,8-13H;2-4,6-12H,1H3;4,6-10H,1-3H3;1-3,5-8H,(H,14,15);;;;;/q;;;;-1;;;;;. The maximum atomic E-state index is 10.8. The average molecular weight is 2100 g/mol. The number of hydrogen-bond acceptors (Lipinski definition) is 7. The van der Waals surface area contributed by atoms with E-state index in [1.807, 2.05) is 176 Å². The van der Waals surface area contributed by atoms with Crippen molar-refractivity contribution < 1.29 is 121 Å². The number of aromatic nitrogens is 9. The predicted octanol–water partition coefficient (Wildman–Crippen LogP) is 12.8. The largest absolute Gasteiger partial charge is 0.479 e. The molecule has 7 aromatic heterocycles. The maximum Gasteiger partial charge on any atom is 0.316 e. The molecule has 4 radical (unpaired) electrons. The fourth-order valence-corrected chi connectivity index (χ4v) is 10.2. The van der Waals surface area contributed by atoms with Crippen LogP contribution in [0.1, 0.15) is 22.3 Å². The van der Waals surface area contributed by atoms with E-state index in [0.717, 1.165) is 66.6 Å². The zero-order valence-corrected chi connectivity index (χ0v) is 63.0. The van der Waals surface area contributed by atoms with Gasteiger partial charge in [0.1, 0.15) is 24.4 Å². The summed E-state index contributed by atoms with van der Waals surface area (Å²) in [5.74, 6) is -0.943. The van der Waals surface area contributed by atoms with Gasteiger partial charge in [0.15, 0.2) is 12.4 Å². The van der Waals surface area contributed by atoms with E-state index in [1.54, 1.807) is 43.2 Å². The Bertz CT molecular complexity index is 4010. The topological polar surface area (TPSA) is 127 Å². The van der Waals surface area contributed by atoms with Crippen LogP contribution in [-0.4, -0.2) is 86.2 Å². The minimum atomic E-state index is -0.979.